The zero-order chi connectivity index (χ0) is 20.7. The van der Waals surface area contributed by atoms with Gasteiger partial charge in [-0.3, -0.25) is 4.79 Å². The highest BCUT2D eigenvalue weighted by Crippen LogP contribution is 2.25. The quantitative estimate of drug-likeness (QED) is 0.722. The molecular weight excluding hydrogens is 384 g/mol. The summed E-state index contributed by atoms with van der Waals surface area (Å²) in [5, 5.41) is 2.81. The zero-order valence-corrected chi connectivity index (χ0v) is 17.8. The average molecular weight is 415 g/mol. The highest BCUT2D eigenvalue weighted by Gasteiger charge is 2.28. The third-order valence-electron chi connectivity index (χ3n) is 5.49. The molecule has 5 nitrogen and oxygen atoms in total. The first-order chi connectivity index (χ1) is 13.9. The number of nitrogens with zero attached hydrogens (tertiary/aromatic N) is 1. The zero-order valence-electron chi connectivity index (χ0n) is 17.0. The number of carbonyl (C=O) groups excluding carboxylic acids is 1. The van der Waals surface area contributed by atoms with Crippen LogP contribution in [0.3, 0.4) is 0 Å². The first-order valence-corrected chi connectivity index (χ1v) is 11.9. The van der Waals surface area contributed by atoms with Gasteiger partial charge in [0.25, 0.3) is 0 Å². The molecule has 0 saturated carbocycles. The summed E-state index contributed by atoms with van der Waals surface area (Å²) in [6, 6.07) is 17.9. The Labute approximate surface area is 174 Å². The highest BCUT2D eigenvalue weighted by atomic mass is 32.2. The van der Waals surface area contributed by atoms with Crippen LogP contribution in [-0.2, 0) is 33.4 Å². The Hall–Kier alpha value is -2.18. The standard InChI is InChI=1S/C23H30N2O3S/c1-19(26)24-14-11-20-7-9-21(10-8-20)17-22-12-15-25(16-13-22)29(27,28)18-23-5-3-2-4-6-23/h2-10,22H,11-18H2,1H3,(H,24,26). The maximum atomic E-state index is 12.7. The molecule has 1 saturated heterocycles. The number of rotatable bonds is 8. The van der Waals surface area contributed by atoms with Gasteiger partial charge < -0.3 is 5.32 Å². The van der Waals surface area contributed by atoms with Gasteiger partial charge in [0, 0.05) is 26.6 Å². The molecule has 1 amide bonds. The lowest BCUT2D eigenvalue weighted by Crippen LogP contribution is -2.39. The molecule has 3 rings (SSSR count). The molecule has 6 heteroatoms. The van der Waals surface area contributed by atoms with Gasteiger partial charge in [-0.2, -0.15) is 0 Å². The molecule has 2 aromatic rings. The highest BCUT2D eigenvalue weighted by molar-refractivity contribution is 7.88. The fraction of sp³-hybridized carbons (Fsp3) is 0.435. The molecule has 0 atom stereocenters. The predicted molar refractivity (Wildman–Crippen MR) is 116 cm³/mol. The molecule has 156 valence electrons. The molecule has 0 bridgehead atoms. The summed E-state index contributed by atoms with van der Waals surface area (Å²) in [5.41, 5.74) is 3.34. The summed E-state index contributed by atoms with van der Waals surface area (Å²) in [7, 11) is -3.25. The third kappa shape index (κ3) is 6.68. The van der Waals surface area contributed by atoms with E-state index < -0.39 is 10.0 Å². The number of piperidine rings is 1. The van der Waals surface area contributed by atoms with Gasteiger partial charge in [0.05, 0.1) is 5.75 Å². The minimum atomic E-state index is -3.25. The fourth-order valence-electron chi connectivity index (χ4n) is 3.83. The van der Waals surface area contributed by atoms with Gasteiger partial charge in [-0.25, -0.2) is 12.7 Å². The Morgan fingerprint density at radius 1 is 0.966 bits per heavy atom. The number of carbonyl (C=O) groups is 1. The molecule has 29 heavy (non-hydrogen) atoms. The van der Waals surface area contributed by atoms with Gasteiger partial charge in [-0.05, 0) is 48.3 Å². The van der Waals surface area contributed by atoms with E-state index in [-0.39, 0.29) is 11.7 Å². The topological polar surface area (TPSA) is 66.5 Å². The lowest BCUT2D eigenvalue weighted by Gasteiger charge is -2.31. The van der Waals surface area contributed by atoms with E-state index in [4.69, 9.17) is 0 Å². The van der Waals surface area contributed by atoms with Gasteiger partial charge in [0.1, 0.15) is 0 Å². The summed E-state index contributed by atoms with van der Waals surface area (Å²) in [6.07, 6.45) is 3.62. The second kappa shape index (κ2) is 10.0. The van der Waals surface area contributed by atoms with Gasteiger partial charge in [0.15, 0.2) is 0 Å². The van der Waals surface area contributed by atoms with Crippen molar-refractivity contribution in [2.75, 3.05) is 19.6 Å². The van der Waals surface area contributed by atoms with E-state index >= 15 is 0 Å². The predicted octanol–water partition coefficient (Wildman–Crippen LogP) is 3.15. The van der Waals surface area contributed by atoms with Crippen LogP contribution in [0.5, 0.6) is 0 Å². The molecule has 1 aliphatic heterocycles. The average Bonchev–Trinajstić information content (AvgIpc) is 2.70. The van der Waals surface area contributed by atoms with Crippen LogP contribution < -0.4 is 5.32 Å². The van der Waals surface area contributed by atoms with Crippen LogP contribution >= 0.6 is 0 Å². The van der Waals surface area contributed by atoms with E-state index in [0.29, 0.717) is 25.6 Å². The van der Waals surface area contributed by atoms with Crippen LogP contribution in [0.25, 0.3) is 0 Å². The summed E-state index contributed by atoms with van der Waals surface area (Å²) in [6.45, 7) is 3.40. The second-order valence-corrected chi connectivity index (χ2v) is 9.81. The van der Waals surface area contributed by atoms with Crippen molar-refractivity contribution < 1.29 is 13.2 Å². The molecular formula is C23H30N2O3S. The SMILES string of the molecule is CC(=O)NCCc1ccc(CC2CCN(S(=O)(=O)Cc3ccccc3)CC2)cc1. The summed E-state index contributed by atoms with van der Waals surface area (Å²) >= 11 is 0. The number of hydrogen-bond donors (Lipinski definition) is 1. The van der Waals surface area contributed by atoms with E-state index in [2.05, 4.69) is 29.6 Å². The minimum Gasteiger partial charge on any atom is -0.356 e. The Morgan fingerprint density at radius 3 is 2.21 bits per heavy atom. The lowest BCUT2D eigenvalue weighted by molar-refractivity contribution is -0.118. The molecule has 1 N–H and O–H groups in total. The van der Waals surface area contributed by atoms with Crippen molar-refractivity contribution in [2.24, 2.45) is 5.92 Å². The molecule has 0 unspecified atom stereocenters. The van der Waals surface area contributed by atoms with Crippen molar-refractivity contribution in [2.45, 2.75) is 38.4 Å². The summed E-state index contributed by atoms with van der Waals surface area (Å²) in [5.74, 6) is 0.598. The number of benzene rings is 2. The maximum absolute atomic E-state index is 12.7. The maximum Gasteiger partial charge on any atom is 0.218 e. The van der Waals surface area contributed by atoms with Gasteiger partial charge >= 0.3 is 0 Å². The van der Waals surface area contributed by atoms with E-state index in [9.17, 15) is 13.2 Å². The second-order valence-electron chi connectivity index (χ2n) is 7.84. The Morgan fingerprint density at radius 2 is 1.59 bits per heavy atom. The van der Waals surface area contributed by atoms with E-state index in [0.717, 1.165) is 31.2 Å². The molecule has 0 spiro atoms. The lowest BCUT2D eigenvalue weighted by atomic mass is 9.90. The van der Waals surface area contributed by atoms with E-state index in [1.54, 1.807) is 4.31 Å². The van der Waals surface area contributed by atoms with Crippen molar-refractivity contribution >= 4 is 15.9 Å². The molecule has 1 fully saturated rings. The number of nitrogens with one attached hydrogen (secondary N) is 1. The van der Waals surface area contributed by atoms with Gasteiger partial charge in [-0.1, -0.05) is 54.6 Å². The smallest absolute Gasteiger partial charge is 0.218 e. The molecule has 2 aromatic carbocycles. The monoisotopic (exact) mass is 414 g/mol. The normalized spacial score (nSPS) is 15.9. The Balaban J connectivity index is 1.46. The first kappa shape index (κ1) is 21.5. The van der Waals surface area contributed by atoms with Crippen molar-refractivity contribution in [3.63, 3.8) is 0 Å². The summed E-state index contributed by atoms with van der Waals surface area (Å²) in [4.78, 5) is 10.9. The van der Waals surface area contributed by atoms with Crippen molar-refractivity contribution in [3.05, 3.63) is 71.3 Å². The molecule has 0 radical (unpaired) electrons. The van der Waals surface area contributed by atoms with E-state index in [1.165, 1.54) is 18.1 Å². The van der Waals surface area contributed by atoms with Crippen LogP contribution in [0.1, 0.15) is 36.5 Å². The van der Waals surface area contributed by atoms with Gasteiger partial charge in [0.2, 0.25) is 15.9 Å². The van der Waals surface area contributed by atoms with Gasteiger partial charge in [-0.15, -0.1) is 0 Å². The molecule has 0 aromatic heterocycles. The number of sulfonamides is 1. The van der Waals surface area contributed by atoms with Crippen LogP contribution in [0.15, 0.2) is 54.6 Å². The third-order valence-corrected chi connectivity index (χ3v) is 7.34. The summed E-state index contributed by atoms with van der Waals surface area (Å²) < 4.78 is 27.0. The first-order valence-electron chi connectivity index (χ1n) is 10.3. The van der Waals surface area contributed by atoms with Crippen molar-refractivity contribution in [1.82, 2.24) is 9.62 Å². The number of hydrogen-bond acceptors (Lipinski definition) is 3. The van der Waals surface area contributed by atoms with Crippen LogP contribution in [0, 0.1) is 5.92 Å². The Kier molecular flexibility index (Phi) is 7.45. The number of amides is 1. The minimum absolute atomic E-state index is 0.00116. The Bertz CT molecular complexity index is 887. The van der Waals surface area contributed by atoms with E-state index in [1.807, 2.05) is 30.3 Å². The molecule has 1 heterocycles. The van der Waals surface area contributed by atoms with Crippen molar-refractivity contribution in [1.29, 1.82) is 0 Å². The van der Waals surface area contributed by atoms with Crippen LogP contribution in [0.2, 0.25) is 0 Å². The van der Waals surface area contributed by atoms with Crippen LogP contribution in [0.4, 0.5) is 0 Å². The molecule has 1 aliphatic rings. The largest absolute Gasteiger partial charge is 0.356 e. The van der Waals surface area contributed by atoms with Crippen LogP contribution in [-0.4, -0.2) is 38.3 Å². The van der Waals surface area contributed by atoms with Crippen molar-refractivity contribution in [3.8, 4) is 0 Å². The fourth-order valence-corrected chi connectivity index (χ4v) is 5.39. The molecule has 0 aliphatic carbocycles.